The summed E-state index contributed by atoms with van der Waals surface area (Å²) >= 11 is 0. The summed E-state index contributed by atoms with van der Waals surface area (Å²) in [5.41, 5.74) is 45.2. The lowest BCUT2D eigenvalue weighted by Crippen LogP contribution is -2.60. The Morgan fingerprint density at radius 1 is 0.295 bits per heavy atom. The van der Waals surface area contributed by atoms with Crippen molar-refractivity contribution in [2.24, 2.45) is 45.9 Å². The summed E-state index contributed by atoms with van der Waals surface area (Å²) < 4.78 is 0. The molecule has 0 aromatic carbocycles. The zero-order valence-corrected chi connectivity index (χ0v) is 50.5. The summed E-state index contributed by atoms with van der Waals surface area (Å²) in [5.74, 6) is -9.93. The maximum absolute atomic E-state index is 14.6. The molecular formula is C52H102N26O10. The summed E-state index contributed by atoms with van der Waals surface area (Å²) in [6, 6.07) is -11.0. The van der Waals surface area contributed by atoms with E-state index in [2.05, 4.69) is 74.4 Å². The molecular weight excluding hydrogens is 1150 g/mol. The SMILES string of the molecule is N=C(N)NCCC[C@@H]1NC(=O)[C@H](CCCCN)NC(=O)CNC(=O)CNC(=O)[C@H](CCCCN)NC(=O)[C@H](CCCNC(=N)N)NC(=O)[C@H](CCCNC(=N)N)NC(=O)[C@H](CCCCN)NC(=O)[C@H](CCCCN)NC(=O)[C@H](CCCNC(=N)N)NC1=O. The standard InChI is InChI=1S/C52H102N26O10/c53-21-5-1-13-31-41(81)70-29-39(79)69-30-40(80)71-32(14-2-6-22-54)42(82)75-36(18-10-26-66-50(59)60)47(87)78-37(19-11-27-67-51(61)62)46(86)74-33(15-3-7-23-55)43(83)73-34(16-4-8-24-56)44(84)76-38(20-12-28-68-52(63)64)48(88)77-35(45(85)72-31)17-9-25-65-49(57)58/h31-38H,1-30,53-56H2,(H,69,79)(H,70,81)(H,71,80)(H,72,85)(H,73,83)(H,74,86)(H,75,82)(H,76,84)(H,77,88)(H,78,87)(H4,57,58,65)(H4,59,60,66)(H4,61,62,67)(H4,63,64,68)/t31-,32-,33-,34-,35-,36-,37-,38-/m0/s1. The smallest absolute Gasteiger partial charge is 0.243 e. The van der Waals surface area contributed by atoms with Gasteiger partial charge in [-0.1, -0.05) is 0 Å². The molecule has 0 aliphatic carbocycles. The number of unbranched alkanes of at least 4 members (excludes halogenated alkanes) is 4. The van der Waals surface area contributed by atoms with Crippen molar-refractivity contribution in [3.8, 4) is 0 Å². The summed E-state index contributed by atoms with van der Waals surface area (Å²) in [4.78, 5) is 142. The number of nitrogens with two attached hydrogens (primary N) is 8. The fraction of sp³-hybridized carbons (Fsp3) is 0.731. The second-order valence-electron chi connectivity index (χ2n) is 21.1. The lowest BCUT2D eigenvalue weighted by molar-refractivity contribution is -0.136. The number of rotatable bonds is 32. The molecule has 0 bridgehead atoms. The predicted molar refractivity (Wildman–Crippen MR) is 330 cm³/mol. The van der Waals surface area contributed by atoms with Crippen molar-refractivity contribution in [2.45, 2.75) is 177 Å². The largest absolute Gasteiger partial charge is 0.370 e. The molecule has 1 heterocycles. The van der Waals surface area contributed by atoms with Crippen LogP contribution in [0.4, 0.5) is 0 Å². The molecule has 1 saturated heterocycles. The first kappa shape index (κ1) is 77.6. The minimum Gasteiger partial charge on any atom is -0.370 e. The van der Waals surface area contributed by atoms with Crippen LogP contribution in [0.5, 0.6) is 0 Å². The fourth-order valence-electron chi connectivity index (χ4n) is 8.92. The van der Waals surface area contributed by atoms with E-state index in [9.17, 15) is 47.9 Å². The van der Waals surface area contributed by atoms with E-state index in [0.717, 1.165) is 0 Å². The van der Waals surface area contributed by atoms with Gasteiger partial charge in [0.05, 0.1) is 13.1 Å². The Hall–Kier alpha value is -8.38. The van der Waals surface area contributed by atoms with Crippen LogP contribution < -0.4 is 120 Å². The van der Waals surface area contributed by atoms with Crippen LogP contribution in [0, 0.1) is 21.6 Å². The normalized spacial score (nSPS) is 21.8. The van der Waals surface area contributed by atoms with Gasteiger partial charge < -0.3 is 120 Å². The molecule has 0 spiro atoms. The van der Waals surface area contributed by atoms with E-state index >= 15 is 0 Å². The lowest BCUT2D eigenvalue weighted by Gasteiger charge is -2.28. The third-order valence-corrected chi connectivity index (χ3v) is 13.7. The van der Waals surface area contributed by atoms with Gasteiger partial charge in [0.25, 0.3) is 0 Å². The van der Waals surface area contributed by atoms with Crippen LogP contribution in [0.2, 0.25) is 0 Å². The van der Waals surface area contributed by atoms with Gasteiger partial charge in [-0.25, -0.2) is 0 Å². The Morgan fingerprint density at radius 2 is 0.500 bits per heavy atom. The molecule has 500 valence electrons. The molecule has 0 radical (unpaired) electrons. The molecule has 10 amide bonds. The highest BCUT2D eigenvalue weighted by molar-refractivity contribution is 5.99. The first-order valence-corrected chi connectivity index (χ1v) is 30.0. The van der Waals surface area contributed by atoms with E-state index in [1.807, 2.05) is 0 Å². The zero-order valence-electron chi connectivity index (χ0n) is 50.5. The molecule has 0 unspecified atom stereocenters. The van der Waals surface area contributed by atoms with Gasteiger partial charge in [-0.2, -0.15) is 0 Å². The van der Waals surface area contributed by atoms with Crippen molar-refractivity contribution in [2.75, 3.05) is 65.4 Å². The van der Waals surface area contributed by atoms with Crippen molar-refractivity contribution in [1.82, 2.24) is 74.4 Å². The van der Waals surface area contributed by atoms with Gasteiger partial charge in [0.1, 0.15) is 48.3 Å². The van der Waals surface area contributed by atoms with Crippen LogP contribution in [-0.4, -0.2) is 197 Å². The lowest BCUT2D eigenvalue weighted by atomic mass is 10.0. The van der Waals surface area contributed by atoms with Crippen molar-refractivity contribution >= 4 is 82.9 Å². The Balaban J connectivity index is 4.17. The Morgan fingerprint density at radius 3 is 0.727 bits per heavy atom. The summed E-state index contributed by atoms with van der Waals surface area (Å²) in [5, 5.41) is 67.2. The van der Waals surface area contributed by atoms with Crippen molar-refractivity contribution in [3.05, 3.63) is 0 Å². The van der Waals surface area contributed by atoms with Crippen LogP contribution in [0.15, 0.2) is 0 Å². The van der Waals surface area contributed by atoms with Gasteiger partial charge in [-0.3, -0.25) is 69.6 Å². The fourth-order valence-corrected chi connectivity index (χ4v) is 8.92. The van der Waals surface area contributed by atoms with Crippen LogP contribution in [-0.2, 0) is 47.9 Å². The monoisotopic (exact) mass is 1250 g/mol. The van der Waals surface area contributed by atoms with E-state index in [1.165, 1.54) is 0 Å². The van der Waals surface area contributed by atoms with Gasteiger partial charge in [-0.05, 0) is 155 Å². The Bertz CT molecular complexity index is 2210. The molecule has 1 aliphatic rings. The molecule has 34 N–H and O–H groups in total. The van der Waals surface area contributed by atoms with Crippen molar-refractivity contribution < 1.29 is 47.9 Å². The molecule has 1 rings (SSSR count). The average Bonchev–Trinajstić information content (AvgIpc) is 3.33. The molecule has 0 saturated carbocycles. The van der Waals surface area contributed by atoms with E-state index < -0.39 is 120 Å². The second-order valence-corrected chi connectivity index (χ2v) is 21.1. The van der Waals surface area contributed by atoms with E-state index in [0.29, 0.717) is 51.4 Å². The van der Waals surface area contributed by atoms with Gasteiger partial charge in [0.15, 0.2) is 23.8 Å². The summed E-state index contributed by atoms with van der Waals surface area (Å²) in [6.07, 6.45) is 3.04. The highest BCUT2D eigenvalue weighted by atomic mass is 16.2. The minimum atomic E-state index is -1.42. The van der Waals surface area contributed by atoms with Gasteiger partial charge >= 0.3 is 0 Å². The summed E-state index contributed by atoms with van der Waals surface area (Å²) in [6.45, 7) is -0.167. The Labute approximate surface area is 513 Å². The maximum atomic E-state index is 14.6. The van der Waals surface area contributed by atoms with Gasteiger partial charge in [0, 0.05) is 26.2 Å². The van der Waals surface area contributed by atoms with Crippen LogP contribution >= 0.6 is 0 Å². The van der Waals surface area contributed by atoms with Gasteiger partial charge in [0.2, 0.25) is 59.1 Å². The van der Waals surface area contributed by atoms with Crippen LogP contribution in [0.1, 0.15) is 128 Å². The second kappa shape index (κ2) is 45.9. The average molecular weight is 1250 g/mol. The van der Waals surface area contributed by atoms with Crippen molar-refractivity contribution in [3.63, 3.8) is 0 Å². The number of guanidine groups is 4. The molecule has 8 atom stereocenters. The number of amides is 10. The van der Waals surface area contributed by atoms with E-state index in [-0.39, 0.29) is 153 Å². The highest BCUT2D eigenvalue weighted by Gasteiger charge is 2.35. The van der Waals surface area contributed by atoms with Crippen LogP contribution in [0.3, 0.4) is 0 Å². The predicted octanol–water partition coefficient (Wildman–Crippen LogP) is -8.32. The third kappa shape index (κ3) is 35.3. The number of nitrogens with one attached hydrogen (secondary N) is 18. The Kier molecular flexibility index (Phi) is 40.5. The number of hydrogen-bond donors (Lipinski definition) is 26. The molecule has 36 nitrogen and oxygen atoms in total. The molecule has 1 aliphatic heterocycles. The molecule has 0 aromatic rings. The molecule has 1 fully saturated rings. The number of hydrogen-bond acceptors (Lipinski definition) is 18. The first-order chi connectivity index (χ1) is 42.0. The quantitative estimate of drug-likeness (QED) is 0.0169. The highest BCUT2D eigenvalue weighted by Crippen LogP contribution is 2.12. The first-order valence-electron chi connectivity index (χ1n) is 30.0. The van der Waals surface area contributed by atoms with E-state index in [1.54, 1.807) is 0 Å². The van der Waals surface area contributed by atoms with Crippen molar-refractivity contribution in [1.29, 1.82) is 21.6 Å². The maximum Gasteiger partial charge on any atom is 0.243 e. The molecule has 0 aromatic heterocycles. The van der Waals surface area contributed by atoms with E-state index in [4.69, 9.17) is 67.5 Å². The molecule has 88 heavy (non-hydrogen) atoms. The number of carbonyl (C=O) groups excluding carboxylic acids is 10. The zero-order chi connectivity index (χ0) is 65.8. The topological polar surface area (TPSA) is 643 Å². The number of carbonyl (C=O) groups is 10. The summed E-state index contributed by atoms with van der Waals surface area (Å²) in [7, 11) is 0. The van der Waals surface area contributed by atoms with Crippen LogP contribution in [0.25, 0.3) is 0 Å². The molecule has 36 heteroatoms. The van der Waals surface area contributed by atoms with Gasteiger partial charge in [-0.15, -0.1) is 0 Å². The third-order valence-electron chi connectivity index (χ3n) is 13.7. The minimum absolute atomic E-state index is 0.0175.